The fourth-order valence-electron chi connectivity index (χ4n) is 2.55. The van der Waals surface area contributed by atoms with E-state index in [9.17, 15) is 4.79 Å². The average molecular weight is 281 g/mol. The summed E-state index contributed by atoms with van der Waals surface area (Å²) in [4.78, 5) is 18.5. The maximum atomic E-state index is 12.2. The minimum absolute atomic E-state index is 0.0637. The van der Waals surface area contributed by atoms with Crippen molar-refractivity contribution in [2.24, 2.45) is 0 Å². The molecule has 6 nitrogen and oxygen atoms in total. The quantitative estimate of drug-likeness (QED) is 0.799. The number of hydrogen-bond acceptors (Lipinski definition) is 5. The number of carbonyl (C=O) groups is 1. The third-order valence-electron chi connectivity index (χ3n) is 3.59. The number of aryl methyl sites for hydroxylation is 1. The number of rotatable bonds is 6. The van der Waals surface area contributed by atoms with E-state index in [2.05, 4.69) is 17.1 Å². The monoisotopic (exact) mass is 281 g/mol. The third kappa shape index (κ3) is 3.56. The Kier molecular flexibility index (Phi) is 5.52. The number of likely N-dealkylation sites (tertiary alicyclic amines) is 1. The first-order valence-electron chi connectivity index (χ1n) is 7.37. The summed E-state index contributed by atoms with van der Waals surface area (Å²) in [7, 11) is 1.61. The number of amides is 1. The van der Waals surface area contributed by atoms with Crippen LogP contribution < -0.4 is 0 Å². The van der Waals surface area contributed by atoms with E-state index in [1.54, 1.807) is 7.11 Å². The molecule has 0 spiro atoms. The summed E-state index contributed by atoms with van der Waals surface area (Å²) in [5.74, 6) is 1.42. The molecule has 0 N–H and O–H groups in total. The molecule has 1 amide bonds. The summed E-state index contributed by atoms with van der Waals surface area (Å²) >= 11 is 0. The van der Waals surface area contributed by atoms with Crippen LogP contribution in [0.5, 0.6) is 0 Å². The van der Waals surface area contributed by atoms with Crippen LogP contribution in [-0.2, 0) is 16.0 Å². The van der Waals surface area contributed by atoms with Gasteiger partial charge in [-0.15, -0.1) is 0 Å². The molecule has 6 heteroatoms. The van der Waals surface area contributed by atoms with Gasteiger partial charge in [-0.05, 0) is 25.7 Å². The normalized spacial score (nSPS) is 19.3. The number of carbonyl (C=O) groups excluding carboxylic acids is 1. The van der Waals surface area contributed by atoms with Gasteiger partial charge in [-0.3, -0.25) is 4.79 Å². The van der Waals surface area contributed by atoms with Crippen LogP contribution >= 0.6 is 0 Å². The first-order chi connectivity index (χ1) is 9.76. The molecule has 1 fully saturated rings. The smallest absolute Gasteiger partial charge is 0.249 e. The van der Waals surface area contributed by atoms with Gasteiger partial charge < -0.3 is 14.2 Å². The predicted molar refractivity (Wildman–Crippen MR) is 73.1 cm³/mol. The molecule has 1 unspecified atom stereocenters. The summed E-state index contributed by atoms with van der Waals surface area (Å²) in [5, 5.41) is 3.99. The molecule has 0 aliphatic carbocycles. The summed E-state index contributed by atoms with van der Waals surface area (Å²) in [6.07, 6.45) is 5.22. The van der Waals surface area contributed by atoms with Crippen molar-refractivity contribution in [1.29, 1.82) is 0 Å². The largest absolute Gasteiger partial charge is 0.384 e. The van der Waals surface area contributed by atoms with Gasteiger partial charge in [0.1, 0.15) is 6.04 Å². The predicted octanol–water partition coefficient (Wildman–Crippen LogP) is 2.11. The number of ether oxygens (including phenoxy) is 1. The van der Waals surface area contributed by atoms with E-state index in [1.807, 2.05) is 4.90 Å². The zero-order valence-corrected chi connectivity index (χ0v) is 12.3. The van der Waals surface area contributed by atoms with Crippen LogP contribution in [0.25, 0.3) is 0 Å². The van der Waals surface area contributed by atoms with E-state index in [4.69, 9.17) is 9.26 Å². The highest BCUT2D eigenvalue weighted by molar-refractivity contribution is 5.76. The number of nitrogens with zero attached hydrogens (tertiary/aromatic N) is 3. The van der Waals surface area contributed by atoms with Crippen molar-refractivity contribution in [2.75, 3.05) is 20.3 Å². The van der Waals surface area contributed by atoms with Crippen LogP contribution in [-0.4, -0.2) is 41.2 Å². The lowest BCUT2D eigenvalue weighted by molar-refractivity contribution is -0.136. The lowest BCUT2D eigenvalue weighted by Gasteiger charge is -2.33. The molecule has 112 valence electrons. The average Bonchev–Trinajstić information content (AvgIpc) is 2.93. The van der Waals surface area contributed by atoms with Crippen molar-refractivity contribution in [3.05, 3.63) is 11.7 Å². The molecule has 1 saturated heterocycles. The molecule has 0 bridgehead atoms. The number of aromatic nitrogens is 2. The minimum atomic E-state index is -0.0637. The fourth-order valence-corrected chi connectivity index (χ4v) is 2.55. The summed E-state index contributed by atoms with van der Waals surface area (Å²) < 4.78 is 10.3. The maximum absolute atomic E-state index is 12.2. The van der Waals surface area contributed by atoms with E-state index in [-0.39, 0.29) is 11.9 Å². The molecular weight excluding hydrogens is 258 g/mol. The van der Waals surface area contributed by atoms with Gasteiger partial charge in [0.15, 0.2) is 5.82 Å². The molecule has 1 aromatic heterocycles. The Hall–Kier alpha value is -1.43. The van der Waals surface area contributed by atoms with Crippen LogP contribution in [0.15, 0.2) is 4.52 Å². The van der Waals surface area contributed by atoms with Crippen molar-refractivity contribution in [1.82, 2.24) is 15.0 Å². The van der Waals surface area contributed by atoms with Crippen molar-refractivity contribution >= 4 is 5.91 Å². The van der Waals surface area contributed by atoms with Gasteiger partial charge in [0.05, 0.1) is 13.0 Å². The van der Waals surface area contributed by atoms with Crippen LogP contribution in [0.2, 0.25) is 0 Å². The molecule has 1 atom stereocenters. The van der Waals surface area contributed by atoms with Gasteiger partial charge in [-0.2, -0.15) is 4.98 Å². The van der Waals surface area contributed by atoms with Gasteiger partial charge in [-0.1, -0.05) is 12.1 Å². The Bertz CT molecular complexity index is 433. The van der Waals surface area contributed by atoms with Gasteiger partial charge in [0, 0.05) is 20.1 Å². The topological polar surface area (TPSA) is 68.5 Å². The number of methoxy groups -OCH3 is 1. The first-order valence-corrected chi connectivity index (χ1v) is 7.37. The van der Waals surface area contributed by atoms with E-state index in [1.165, 1.54) is 0 Å². The van der Waals surface area contributed by atoms with Crippen LogP contribution in [0.4, 0.5) is 0 Å². The zero-order chi connectivity index (χ0) is 14.4. The van der Waals surface area contributed by atoms with Crippen LogP contribution in [0.1, 0.15) is 56.8 Å². The maximum Gasteiger partial charge on any atom is 0.249 e. The van der Waals surface area contributed by atoms with Gasteiger partial charge >= 0.3 is 0 Å². The standard InChI is InChI=1S/C14H23N3O3/c1-3-6-12-15-14(20-16-12)11-7-4-5-9-17(11)13(18)8-10-19-2/h11H,3-10H2,1-2H3. The molecule has 1 aromatic rings. The van der Waals surface area contributed by atoms with Crippen LogP contribution in [0.3, 0.4) is 0 Å². The SMILES string of the molecule is CCCc1noc(C2CCCCN2C(=O)CCOC)n1. The fraction of sp³-hybridized carbons (Fsp3) is 0.786. The Morgan fingerprint density at radius 3 is 3.10 bits per heavy atom. The van der Waals surface area contributed by atoms with E-state index in [0.29, 0.717) is 18.9 Å². The second kappa shape index (κ2) is 7.38. The number of hydrogen-bond donors (Lipinski definition) is 0. The van der Waals surface area contributed by atoms with Crippen molar-refractivity contribution in [2.45, 2.75) is 51.5 Å². The minimum Gasteiger partial charge on any atom is -0.384 e. The summed E-state index contributed by atoms with van der Waals surface area (Å²) in [6, 6.07) is -0.0637. The van der Waals surface area contributed by atoms with E-state index >= 15 is 0 Å². The van der Waals surface area contributed by atoms with Gasteiger partial charge in [0.2, 0.25) is 11.8 Å². The van der Waals surface area contributed by atoms with Crippen molar-refractivity contribution in [3.63, 3.8) is 0 Å². The highest BCUT2D eigenvalue weighted by Crippen LogP contribution is 2.30. The molecule has 2 rings (SSSR count). The summed E-state index contributed by atoms with van der Waals surface area (Å²) in [6.45, 7) is 3.29. The van der Waals surface area contributed by atoms with Gasteiger partial charge in [-0.25, -0.2) is 0 Å². The molecule has 0 radical (unpaired) electrons. The van der Waals surface area contributed by atoms with Gasteiger partial charge in [0.25, 0.3) is 0 Å². The first kappa shape index (κ1) is 15.0. The molecule has 2 heterocycles. The van der Waals surface area contributed by atoms with E-state index in [0.717, 1.165) is 44.5 Å². The number of piperidine rings is 1. The summed E-state index contributed by atoms with van der Waals surface area (Å²) in [5.41, 5.74) is 0. The Labute approximate surface area is 119 Å². The van der Waals surface area contributed by atoms with Crippen LogP contribution in [0, 0.1) is 0 Å². The lowest BCUT2D eigenvalue weighted by atomic mass is 10.0. The van der Waals surface area contributed by atoms with Crippen molar-refractivity contribution in [3.8, 4) is 0 Å². The second-order valence-electron chi connectivity index (χ2n) is 5.14. The molecule has 0 aromatic carbocycles. The second-order valence-corrected chi connectivity index (χ2v) is 5.14. The molecule has 1 aliphatic rings. The Morgan fingerprint density at radius 1 is 1.50 bits per heavy atom. The highest BCUT2D eigenvalue weighted by atomic mass is 16.5. The van der Waals surface area contributed by atoms with Crippen molar-refractivity contribution < 1.29 is 14.1 Å². The highest BCUT2D eigenvalue weighted by Gasteiger charge is 2.31. The zero-order valence-electron chi connectivity index (χ0n) is 12.3. The Morgan fingerprint density at radius 2 is 2.35 bits per heavy atom. The van der Waals surface area contributed by atoms with E-state index < -0.39 is 0 Å². The molecule has 0 saturated carbocycles. The molecule has 20 heavy (non-hydrogen) atoms. The lowest BCUT2D eigenvalue weighted by Crippen LogP contribution is -2.39. The third-order valence-corrected chi connectivity index (χ3v) is 3.59. The molecular formula is C14H23N3O3. The molecule has 1 aliphatic heterocycles. The Balaban J connectivity index is 2.07.